The number of methoxy groups -OCH3 is 1. The monoisotopic (exact) mass is 369 g/mol. The van der Waals surface area contributed by atoms with E-state index in [4.69, 9.17) is 9.84 Å². The summed E-state index contributed by atoms with van der Waals surface area (Å²) in [7, 11) is 1.60. The van der Waals surface area contributed by atoms with Crippen LogP contribution in [0.2, 0.25) is 0 Å². The SMILES string of the molecule is COc1cccc(-n2c(=O)n(CCCCO)c3cnc(NC4CC4)nc32)c1. The molecule has 0 atom stereocenters. The van der Waals surface area contributed by atoms with Crippen molar-refractivity contribution in [2.24, 2.45) is 0 Å². The Morgan fingerprint density at radius 2 is 2.19 bits per heavy atom. The number of anilines is 1. The number of benzene rings is 1. The van der Waals surface area contributed by atoms with Gasteiger partial charge in [-0.1, -0.05) is 6.07 Å². The molecule has 8 nitrogen and oxygen atoms in total. The molecule has 0 radical (unpaired) electrons. The smallest absolute Gasteiger partial charge is 0.335 e. The number of aliphatic hydroxyl groups excluding tert-OH is 1. The van der Waals surface area contributed by atoms with Gasteiger partial charge in [-0.3, -0.25) is 4.57 Å². The Bertz CT molecular complexity index is 1010. The van der Waals surface area contributed by atoms with Crippen molar-refractivity contribution in [1.29, 1.82) is 0 Å². The average molecular weight is 369 g/mol. The molecule has 1 aliphatic carbocycles. The molecule has 0 saturated heterocycles. The Balaban J connectivity index is 1.85. The molecule has 1 fully saturated rings. The lowest BCUT2D eigenvalue weighted by atomic mass is 10.3. The normalized spacial score (nSPS) is 13.9. The van der Waals surface area contributed by atoms with Crippen molar-refractivity contribution >= 4 is 17.1 Å². The van der Waals surface area contributed by atoms with E-state index in [1.54, 1.807) is 22.4 Å². The van der Waals surface area contributed by atoms with Crippen molar-refractivity contribution in [2.45, 2.75) is 38.3 Å². The molecule has 2 aromatic heterocycles. The molecule has 2 N–H and O–H groups in total. The summed E-state index contributed by atoms with van der Waals surface area (Å²) in [6.45, 7) is 0.612. The second kappa shape index (κ2) is 7.40. The maximum atomic E-state index is 13.2. The topological polar surface area (TPSA) is 94.2 Å². The molecular formula is C19H23N5O3. The summed E-state index contributed by atoms with van der Waals surface area (Å²) in [6, 6.07) is 7.78. The summed E-state index contributed by atoms with van der Waals surface area (Å²) < 4.78 is 8.57. The molecule has 2 heterocycles. The molecule has 1 saturated carbocycles. The van der Waals surface area contributed by atoms with Crippen molar-refractivity contribution in [1.82, 2.24) is 19.1 Å². The Morgan fingerprint density at radius 3 is 2.93 bits per heavy atom. The quantitative estimate of drug-likeness (QED) is 0.589. The van der Waals surface area contributed by atoms with Crippen LogP contribution in [0.25, 0.3) is 16.9 Å². The number of imidazole rings is 1. The predicted octanol–water partition coefficient (Wildman–Crippen LogP) is 1.94. The van der Waals surface area contributed by atoms with Crippen LogP contribution in [-0.4, -0.2) is 44.0 Å². The number of aliphatic hydroxyl groups is 1. The number of ether oxygens (including phenoxy) is 1. The molecular weight excluding hydrogens is 346 g/mol. The van der Waals surface area contributed by atoms with Gasteiger partial charge in [0.1, 0.15) is 11.3 Å². The Labute approximate surface area is 156 Å². The molecule has 0 spiro atoms. The van der Waals surface area contributed by atoms with Gasteiger partial charge in [0.05, 0.1) is 19.0 Å². The fraction of sp³-hybridized carbons (Fsp3) is 0.421. The van der Waals surface area contributed by atoms with Crippen LogP contribution in [0.4, 0.5) is 5.95 Å². The van der Waals surface area contributed by atoms with Crippen molar-refractivity contribution in [3.05, 3.63) is 40.9 Å². The van der Waals surface area contributed by atoms with E-state index < -0.39 is 0 Å². The van der Waals surface area contributed by atoms with Gasteiger partial charge in [-0.25, -0.2) is 14.3 Å². The highest BCUT2D eigenvalue weighted by molar-refractivity contribution is 5.74. The van der Waals surface area contributed by atoms with Crippen LogP contribution in [-0.2, 0) is 6.54 Å². The first-order valence-electron chi connectivity index (χ1n) is 9.21. The van der Waals surface area contributed by atoms with Crippen LogP contribution in [0.15, 0.2) is 35.3 Å². The van der Waals surface area contributed by atoms with E-state index in [1.165, 1.54) is 0 Å². The molecule has 142 valence electrons. The van der Waals surface area contributed by atoms with E-state index in [0.717, 1.165) is 12.8 Å². The van der Waals surface area contributed by atoms with E-state index in [1.807, 2.05) is 24.3 Å². The van der Waals surface area contributed by atoms with Gasteiger partial charge in [-0.15, -0.1) is 0 Å². The third-order valence-corrected chi connectivity index (χ3v) is 4.69. The molecule has 1 aliphatic rings. The van der Waals surface area contributed by atoms with Gasteiger partial charge >= 0.3 is 5.69 Å². The van der Waals surface area contributed by atoms with Crippen molar-refractivity contribution < 1.29 is 9.84 Å². The maximum Gasteiger partial charge on any atom is 0.335 e. The third kappa shape index (κ3) is 3.52. The van der Waals surface area contributed by atoms with Gasteiger partial charge in [0.15, 0.2) is 5.65 Å². The van der Waals surface area contributed by atoms with Gasteiger partial charge in [0, 0.05) is 25.3 Å². The Morgan fingerprint density at radius 1 is 1.33 bits per heavy atom. The number of aromatic nitrogens is 4. The van der Waals surface area contributed by atoms with E-state index in [9.17, 15) is 4.79 Å². The second-order valence-electron chi connectivity index (χ2n) is 6.72. The highest BCUT2D eigenvalue weighted by atomic mass is 16.5. The van der Waals surface area contributed by atoms with Gasteiger partial charge in [-0.2, -0.15) is 4.98 Å². The molecule has 1 aromatic carbocycles. The minimum Gasteiger partial charge on any atom is -0.497 e. The zero-order valence-corrected chi connectivity index (χ0v) is 15.3. The lowest BCUT2D eigenvalue weighted by molar-refractivity contribution is 0.281. The van der Waals surface area contributed by atoms with Crippen molar-refractivity contribution in [3.8, 4) is 11.4 Å². The summed E-state index contributed by atoms with van der Waals surface area (Å²) in [5.74, 6) is 1.21. The number of hydrogen-bond donors (Lipinski definition) is 2. The largest absolute Gasteiger partial charge is 0.497 e. The molecule has 0 amide bonds. The van der Waals surface area contributed by atoms with Gasteiger partial charge in [-0.05, 0) is 37.8 Å². The third-order valence-electron chi connectivity index (χ3n) is 4.69. The molecule has 0 unspecified atom stereocenters. The highest BCUT2D eigenvalue weighted by Crippen LogP contribution is 2.25. The van der Waals surface area contributed by atoms with Crippen molar-refractivity contribution in [2.75, 3.05) is 19.0 Å². The van der Waals surface area contributed by atoms with E-state index in [-0.39, 0.29) is 12.3 Å². The lowest BCUT2D eigenvalue weighted by Gasteiger charge is -2.06. The molecule has 3 aromatic rings. The van der Waals surface area contributed by atoms with Crippen LogP contribution >= 0.6 is 0 Å². The molecule has 27 heavy (non-hydrogen) atoms. The highest BCUT2D eigenvalue weighted by Gasteiger charge is 2.23. The van der Waals surface area contributed by atoms with Crippen LogP contribution in [0.5, 0.6) is 5.75 Å². The minimum atomic E-state index is -0.172. The van der Waals surface area contributed by atoms with E-state index in [0.29, 0.717) is 54.0 Å². The number of fused-ring (bicyclic) bond motifs is 1. The first kappa shape index (κ1) is 17.5. The Hall–Kier alpha value is -2.87. The van der Waals surface area contributed by atoms with Crippen LogP contribution in [0, 0.1) is 0 Å². The summed E-state index contributed by atoms with van der Waals surface area (Å²) in [4.78, 5) is 22.2. The van der Waals surface area contributed by atoms with E-state index in [2.05, 4.69) is 15.3 Å². The lowest BCUT2D eigenvalue weighted by Crippen LogP contribution is -2.23. The zero-order chi connectivity index (χ0) is 18.8. The summed E-state index contributed by atoms with van der Waals surface area (Å²) in [6.07, 6.45) is 5.28. The zero-order valence-electron chi connectivity index (χ0n) is 15.3. The fourth-order valence-electron chi connectivity index (χ4n) is 3.10. The number of rotatable bonds is 8. The maximum absolute atomic E-state index is 13.2. The average Bonchev–Trinajstić information content (AvgIpc) is 3.46. The van der Waals surface area contributed by atoms with Crippen molar-refractivity contribution in [3.63, 3.8) is 0 Å². The first-order chi connectivity index (χ1) is 13.2. The summed E-state index contributed by atoms with van der Waals surface area (Å²) in [5.41, 5.74) is 1.77. The number of nitrogens with one attached hydrogen (secondary N) is 1. The standard InChI is InChI=1S/C19H23N5O3/c1-27-15-6-4-5-14(11-15)24-17-16(23(19(24)26)9-2-3-10-25)12-20-18(22-17)21-13-7-8-13/h4-6,11-13,25H,2-3,7-10H2,1H3,(H,20,21,22). The second-order valence-corrected chi connectivity index (χ2v) is 6.72. The molecule has 4 rings (SSSR count). The molecule has 0 bridgehead atoms. The molecule has 0 aliphatic heterocycles. The van der Waals surface area contributed by atoms with Gasteiger partial charge in [0.25, 0.3) is 0 Å². The molecule has 8 heteroatoms. The van der Waals surface area contributed by atoms with Crippen LogP contribution in [0.1, 0.15) is 25.7 Å². The van der Waals surface area contributed by atoms with Gasteiger partial charge < -0.3 is 15.2 Å². The predicted molar refractivity (Wildman–Crippen MR) is 103 cm³/mol. The number of hydrogen-bond acceptors (Lipinski definition) is 6. The van der Waals surface area contributed by atoms with Crippen LogP contribution < -0.4 is 15.7 Å². The summed E-state index contributed by atoms with van der Waals surface area (Å²) >= 11 is 0. The van der Waals surface area contributed by atoms with Crippen LogP contribution in [0.3, 0.4) is 0 Å². The minimum absolute atomic E-state index is 0.106. The fourth-order valence-corrected chi connectivity index (χ4v) is 3.10. The number of unbranched alkanes of at least 4 members (excludes halogenated alkanes) is 1. The number of aryl methyl sites for hydroxylation is 1. The van der Waals surface area contributed by atoms with E-state index >= 15 is 0 Å². The Kier molecular flexibility index (Phi) is 4.81. The summed E-state index contributed by atoms with van der Waals surface area (Å²) in [5, 5.41) is 12.3. The number of nitrogens with zero attached hydrogens (tertiary/aromatic N) is 4. The first-order valence-corrected chi connectivity index (χ1v) is 9.21. The van der Waals surface area contributed by atoms with Gasteiger partial charge in [0.2, 0.25) is 5.95 Å².